The van der Waals surface area contributed by atoms with Gasteiger partial charge in [-0.2, -0.15) is 0 Å². The van der Waals surface area contributed by atoms with Crippen molar-refractivity contribution in [3.8, 4) is 11.5 Å². The molecule has 0 aromatic heterocycles. The molecule has 0 aliphatic rings. The van der Waals surface area contributed by atoms with E-state index in [1.165, 1.54) is 7.11 Å². The zero-order chi connectivity index (χ0) is 14.5. The monoisotopic (exact) mass is 289 g/mol. The molecule has 2 aromatic rings. The summed E-state index contributed by atoms with van der Waals surface area (Å²) in [5, 5.41) is 0. The number of thioether (sulfide) groups is 1. The summed E-state index contributed by atoms with van der Waals surface area (Å²) in [6.07, 6.45) is 1.96. The first-order valence-electron chi connectivity index (χ1n) is 5.94. The van der Waals surface area contributed by atoms with Crippen LogP contribution < -0.4 is 10.5 Å². The van der Waals surface area contributed by atoms with E-state index in [9.17, 15) is 4.79 Å². The van der Waals surface area contributed by atoms with E-state index in [-0.39, 0.29) is 0 Å². The van der Waals surface area contributed by atoms with Gasteiger partial charge in [0.05, 0.1) is 7.11 Å². The van der Waals surface area contributed by atoms with Crippen molar-refractivity contribution in [2.75, 3.05) is 19.1 Å². The fraction of sp³-hybridized carbons (Fsp3) is 0.133. The predicted octanol–water partition coefficient (Wildman–Crippen LogP) is 3.57. The van der Waals surface area contributed by atoms with Crippen molar-refractivity contribution >= 4 is 23.4 Å². The molecule has 0 unspecified atom stereocenters. The quantitative estimate of drug-likeness (QED) is 0.529. The van der Waals surface area contributed by atoms with E-state index >= 15 is 0 Å². The molecule has 0 fully saturated rings. The topological polar surface area (TPSA) is 61.5 Å². The molecule has 0 bridgehead atoms. The Bertz CT molecular complexity index is 628. The fourth-order valence-corrected chi connectivity index (χ4v) is 2.25. The van der Waals surface area contributed by atoms with Crippen LogP contribution in [-0.2, 0) is 4.74 Å². The Labute approximate surface area is 121 Å². The van der Waals surface area contributed by atoms with Crippen molar-refractivity contribution in [3.05, 3.63) is 48.0 Å². The zero-order valence-electron chi connectivity index (χ0n) is 11.3. The number of benzene rings is 2. The van der Waals surface area contributed by atoms with Gasteiger partial charge in [-0.05, 0) is 36.6 Å². The van der Waals surface area contributed by atoms with Gasteiger partial charge in [0.25, 0.3) is 0 Å². The standard InChI is InChI=1S/C15H15NO3S/c1-18-15(17)11-9-10(16)7-8-12(11)19-13-5-3-4-6-14(13)20-2/h3-9H,16H2,1-2H3. The van der Waals surface area contributed by atoms with Gasteiger partial charge in [0.1, 0.15) is 17.1 Å². The molecule has 0 saturated heterocycles. The number of carbonyl (C=O) groups is 1. The van der Waals surface area contributed by atoms with Crippen LogP contribution in [0.1, 0.15) is 10.4 Å². The first-order valence-corrected chi connectivity index (χ1v) is 7.17. The molecule has 0 aliphatic carbocycles. The third kappa shape index (κ3) is 3.05. The summed E-state index contributed by atoms with van der Waals surface area (Å²) in [5.74, 6) is 0.636. The Morgan fingerprint density at radius 3 is 2.60 bits per heavy atom. The normalized spacial score (nSPS) is 10.1. The third-order valence-corrected chi connectivity index (χ3v) is 3.48. The molecular weight excluding hydrogens is 274 g/mol. The minimum atomic E-state index is -0.478. The minimum absolute atomic E-state index is 0.309. The van der Waals surface area contributed by atoms with Gasteiger partial charge in [-0.1, -0.05) is 12.1 Å². The van der Waals surface area contributed by atoms with Crippen LogP contribution in [0.5, 0.6) is 11.5 Å². The summed E-state index contributed by atoms with van der Waals surface area (Å²) < 4.78 is 10.6. The van der Waals surface area contributed by atoms with Crippen molar-refractivity contribution in [3.63, 3.8) is 0 Å². The summed E-state index contributed by atoms with van der Waals surface area (Å²) in [7, 11) is 1.32. The molecule has 2 N–H and O–H groups in total. The molecule has 20 heavy (non-hydrogen) atoms. The maximum Gasteiger partial charge on any atom is 0.341 e. The van der Waals surface area contributed by atoms with Gasteiger partial charge in [-0.25, -0.2) is 4.79 Å². The van der Waals surface area contributed by atoms with Gasteiger partial charge in [0, 0.05) is 10.6 Å². The summed E-state index contributed by atoms with van der Waals surface area (Å²) in [6.45, 7) is 0. The van der Waals surface area contributed by atoms with Crippen molar-refractivity contribution in [1.29, 1.82) is 0 Å². The van der Waals surface area contributed by atoms with Crippen LogP contribution in [0.15, 0.2) is 47.4 Å². The van der Waals surface area contributed by atoms with E-state index < -0.39 is 5.97 Å². The van der Waals surface area contributed by atoms with Crippen LogP contribution in [0.3, 0.4) is 0 Å². The average molecular weight is 289 g/mol. The van der Waals surface area contributed by atoms with Gasteiger partial charge in [-0.3, -0.25) is 0 Å². The molecule has 0 atom stereocenters. The number of hydrogen-bond donors (Lipinski definition) is 1. The van der Waals surface area contributed by atoms with E-state index in [2.05, 4.69) is 0 Å². The number of nitrogen functional groups attached to an aromatic ring is 1. The maximum absolute atomic E-state index is 11.8. The van der Waals surface area contributed by atoms with E-state index in [0.29, 0.717) is 22.7 Å². The number of nitrogens with two attached hydrogens (primary N) is 1. The van der Waals surface area contributed by atoms with Crippen LogP contribution in [0.2, 0.25) is 0 Å². The van der Waals surface area contributed by atoms with E-state index in [4.69, 9.17) is 15.2 Å². The van der Waals surface area contributed by atoms with Crippen molar-refractivity contribution in [2.45, 2.75) is 4.90 Å². The largest absolute Gasteiger partial charge is 0.465 e. The SMILES string of the molecule is COC(=O)c1cc(N)ccc1Oc1ccccc1SC. The van der Waals surface area contributed by atoms with Crippen molar-refractivity contribution < 1.29 is 14.3 Å². The highest BCUT2D eigenvalue weighted by molar-refractivity contribution is 7.98. The first kappa shape index (κ1) is 14.3. The first-order chi connectivity index (χ1) is 9.65. The van der Waals surface area contributed by atoms with Crippen LogP contribution in [0, 0.1) is 0 Å². The fourth-order valence-electron chi connectivity index (χ4n) is 1.73. The van der Waals surface area contributed by atoms with Gasteiger partial charge in [0.2, 0.25) is 0 Å². The number of carbonyl (C=O) groups excluding carboxylic acids is 1. The molecule has 4 nitrogen and oxygen atoms in total. The summed E-state index contributed by atoms with van der Waals surface area (Å²) in [4.78, 5) is 12.8. The molecule has 0 saturated carbocycles. The lowest BCUT2D eigenvalue weighted by atomic mass is 10.2. The van der Waals surface area contributed by atoms with Gasteiger partial charge in [-0.15, -0.1) is 11.8 Å². The molecular formula is C15H15NO3S. The van der Waals surface area contributed by atoms with Crippen LogP contribution >= 0.6 is 11.8 Å². The molecule has 0 heterocycles. The molecule has 5 heteroatoms. The Morgan fingerprint density at radius 2 is 1.90 bits per heavy atom. The third-order valence-electron chi connectivity index (χ3n) is 2.70. The number of ether oxygens (including phenoxy) is 2. The van der Waals surface area contributed by atoms with Gasteiger partial charge >= 0.3 is 5.97 Å². The van der Waals surface area contributed by atoms with Gasteiger partial charge < -0.3 is 15.2 Å². The lowest BCUT2D eigenvalue weighted by Crippen LogP contribution is -2.05. The molecule has 0 aliphatic heterocycles. The lowest BCUT2D eigenvalue weighted by Gasteiger charge is -2.12. The summed E-state index contributed by atoms with van der Waals surface area (Å²) in [5.41, 5.74) is 6.49. The van der Waals surface area contributed by atoms with Gasteiger partial charge in [0.15, 0.2) is 0 Å². The second-order valence-corrected chi connectivity index (χ2v) is 4.85. The van der Waals surface area contributed by atoms with E-state index in [1.54, 1.807) is 30.0 Å². The summed E-state index contributed by atoms with van der Waals surface area (Å²) >= 11 is 1.57. The number of rotatable bonds is 4. The predicted molar refractivity (Wildman–Crippen MR) is 80.5 cm³/mol. The van der Waals surface area contributed by atoms with Crippen LogP contribution in [0.25, 0.3) is 0 Å². The second kappa shape index (κ2) is 6.34. The number of esters is 1. The average Bonchev–Trinajstić information content (AvgIpc) is 2.48. The number of anilines is 1. The Balaban J connectivity index is 2.40. The zero-order valence-corrected chi connectivity index (χ0v) is 12.1. The molecule has 104 valence electrons. The highest BCUT2D eigenvalue weighted by atomic mass is 32.2. The Hall–Kier alpha value is -2.14. The van der Waals surface area contributed by atoms with Crippen molar-refractivity contribution in [2.24, 2.45) is 0 Å². The molecule has 0 amide bonds. The molecule has 0 spiro atoms. The van der Waals surface area contributed by atoms with Crippen LogP contribution in [0.4, 0.5) is 5.69 Å². The molecule has 0 radical (unpaired) electrons. The smallest absolute Gasteiger partial charge is 0.341 e. The maximum atomic E-state index is 11.8. The minimum Gasteiger partial charge on any atom is -0.465 e. The second-order valence-electron chi connectivity index (χ2n) is 4.00. The lowest BCUT2D eigenvalue weighted by molar-refractivity contribution is 0.0598. The Kier molecular flexibility index (Phi) is 4.53. The molecule has 2 rings (SSSR count). The Morgan fingerprint density at radius 1 is 1.15 bits per heavy atom. The highest BCUT2D eigenvalue weighted by Gasteiger charge is 2.15. The van der Waals surface area contributed by atoms with E-state index in [1.807, 2.05) is 30.5 Å². The van der Waals surface area contributed by atoms with Crippen LogP contribution in [-0.4, -0.2) is 19.3 Å². The number of para-hydroxylation sites is 1. The summed E-state index contributed by atoms with van der Waals surface area (Å²) in [6, 6.07) is 12.5. The number of hydrogen-bond acceptors (Lipinski definition) is 5. The highest BCUT2D eigenvalue weighted by Crippen LogP contribution is 2.33. The molecule has 2 aromatic carbocycles. The number of methoxy groups -OCH3 is 1. The van der Waals surface area contributed by atoms with Crippen molar-refractivity contribution in [1.82, 2.24) is 0 Å². The van der Waals surface area contributed by atoms with E-state index in [0.717, 1.165) is 4.90 Å².